The molecule has 0 aromatic rings. The lowest BCUT2D eigenvalue weighted by Gasteiger charge is -2.04. The van der Waals surface area contributed by atoms with Gasteiger partial charge in [-0.15, -0.1) is 18.2 Å². The van der Waals surface area contributed by atoms with E-state index in [-0.39, 0.29) is 11.0 Å². The minimum Gasteiger partial charge on any atom is -0.344 e. The molecule has 0 amide bonds. The second kappa shape index (κ2) is 3.05. The van der Waals surface area contributed by atoms with Crippen LogP contribution >= 0.6 is 11.6 Å². The smallest absolute Gasteiger partial charge is 0.0567 e. The Bertz CT molecular complexity index is 53.6. The number of hydrogen-bond donors (Lipinski definition) is 1. The maximum atomic E-state index is 5.60. The topological polar surface area (TPSA) is 35.0 Å². The second-order valence-electron chi connectivity index (χ2n) is 1.77. The molecule has 0 aliphatic heterocycles. The fourth-order valence-electron chi connectivity index (χ4n) is 0. The van der Waals surface area contributed by atoms with Crippen molar-refractivity contribution >= 4 is 11.6 Å². The molecule has 0 spiro atoms. The van der Waals surface area contributed by atoms with Gasteiger partial charge in [-0.1, -0.05) is 6.08 Å². The van der Waals surface area contributed by atoms with Crippen molar-refractivity contribution < 1.29 is 0 Å². The lowest BCUT2D eigenvalue weighted by molar-refractivity contribution is 0.885. The van der Waals surface area contributed by atoms with Crippen LogP contribution in [0.1, 0.15) is 13.8 Å². The molecule has 0 aliphatic carbocycles. The summed E-state index contributed by atoms with van der Waals surface area (Å²) in [4.78, 5) is -0.222. The van der Waals surface area contributed by atoms with Crippen LogP contribution in [0.15, 0.2) is 12.7 Å². The number of halogens is 1. The van der Waals surface area contributed by atoms with Gasteiger partial charge in [0.1, 0.15) is 0 Å². The first-order chi connectivity index (χ1) is 2.56. The first-order valence-electron chi connectivity index (χ1n) is 1.89. The quantitative estimate of drug-likeness (QED) is 0.420. The van der Waals surface area contributed by atoms with Crippen LogP contribution in [0.25, 0.3) is 0 Å². The Hall–Kier alpha value is -0.0100. The van der Waals surface area contributed by atoms with Crippen molar-refractivity contribution in [1.29, 1.82) is 0 Å². The van der Waals surface area contributed by atoms with Crippen LogP contribution in [0.2, 0.25) is 0 Å². The first kappa shape index (κ1) is 10.1. The average molecular weight is 122 g/mol. The first-order valence-corrected chi connectivity index (χ1v) is 2.26. The van der Waals surface area contributed by atoms with E-state index in [1.54, 1.807) is 6.08 Å². The van der Waals surface area contributed by atoms with Crippen molar-refractivity contribution in [3.05, 3.63) is 12.7 Å². The third-order valence-corrected chi connectivity index (χ3v) is 0.640. The highest BCUT2D eigenvalue weighted by Crippen LogP contribution is 2.11. The molecule has 1 nitrogen and oxygen atoms in total. The van der Waals surface area contributed by atoms with Gasteiger partial charge in [-0.25, -0.2) is 0 Å². The highest BCUT2D eigenvalue weighted by molar-refractivity contribution is 6.24. The highest BCUT2D eigenvalue weighted by atomic mass is 35.5. The van der Waals surface area contributed by atoms with E-state index in [1.165, 1.54) is 0 Å². The summed E-state index contributed by atoms with van der Waals surface area (Å²) in [6, 6.07) is 0. The summed E-state index contributed by atoms with van der Waals surface area (Å²) in [5.74, 6) is 0. The number of allylic oxidation sites excluding steroid dienone is 1. The lowest BCUT2D eigenvalue weighted by atomic mass is 10.2. The molecule has 3 N–H and O–H groups in total. The zero-order chi connectivity index (χ0) is 5.21. The molecule has 2 heteroatoms. The van der Waals surface area contributed by atoms with E-state index >= 15 is 0 Å². The number of rotatable bonds is 1. The Morgan fingerprint density at radius 1 is 1.57 bits per heavy atom. The van der Waals surface area contributed by atoms with Crippen molar-refractivity contribution in [3.8, 4) is 0 Å². The van der Waals surface area contributed by atoms with Crippen molar-refractivity contribution in [3.63, 3.8) is 0 Å². The minimum absolute atomic E-state index is 0. The van der Waals surface area contributed by atoms with Crippen LogP contribution in [0, 0.1) is 0 Å². The minimum atomic E-state index is -0.222. The highest BCUT2D eigenvalue weighted by Gasteiger charge is 2.03. The zero-order valence-corrected chi connectivity index (χ0v) is 5.63. The molecule has 0 fully saturated rings. The Labute approximate surface area is 49.9 Å². The molecule has 0 radical (unpaired) electrons. The van der Waals surface area contributed by atoms with Gasteiger partial charge in [0.15, 0.2) is 0 Å². The monoisotopic (exact) mass is 121 g/mol. The second-order valence-corrected chi connectivity index (χ2v) is 2.74. The molecule has 0 saturated heterocycles. The van der Waals surface area contributed by atoms with E-state index in [2.05, 4.69) is 6.58 Å². The molecule has 0 saturated carbocycles. The van der Waals surface area contributed by atoms with Gasteiger partial charge in [0.05, 0.1) is 4.87 Å². The normalized spacial score (nSPS) is 9.57. The largest absolute Gasteiger partial charge is 0.344 e. The van der Waals surface area contributed by atoms with Crippen molar-refractivity contribution in [2.45, 2.75) is 18.7 Å². The SMILES string of the molecule is C=CC(C)(C)Cl.N. The molecule has 0 atom stereocenters. The van der Waals surface area contributed by atoms with E-state index < -0.39 is 0 Å². The summed E-state index contributed by atoms with van der Waals surface area (Å²) in [7, 11) is 0. The van der Waals surface area contributed by atoms with Gasteiger partial charge in [-0.05, 0) is 13.8 Å². The molecule has 0 bridgehead atoms. The van der Waals surface area contributed by atoms with Crippen molar-refractivity contribution in [2.75, 3.05) is 0 Å². The molecule has 7 heavy (non-hydrogen) atoms. The number of alkyl halides is 1. The van der Waals surface area contributed by atoms with Crippen molar-refractivity contribution in [2.24, 2.45) is 0 Å². The predicted molar refractivity (Wildman–Crippen MR) is 35.2 cm³/mol. The van der Waals surface area contributed by atoms with Gasteiger partial charge in [0, 0.05) is 0 Å². The maximum absolute atomic E-state index is 5.60. The summed E-state index contributed by atoms with van der Waals surface area (Å²) >= 11 is 5.60. The van der Waals surface area contributed by atoms with Crippen LogP contribution in [0.3, 0.4) is 0 Å². The van der Waals surface area contributed by atoms with Crippen LogP contribution in [0.4, 0.5) is 0 Å². The maximum Gasteiger partial charge on any atom is 0.0567 e. The summed E-state index contributed by atoms with van der Waals surface area (Å²) in [5.41, 5.74) is 0. The van der Waals surface area contributed by atoms with Gasteiger partial charge in [-0.3, -0.25) is 0 Å². The Kier molecular flexibility index (Phi) is 4.39. The summed E-state index contributed by atoms with van der Waals surface area (Å²) < 4.78 is 0. The van der Waals surface area contributed by atoms with E-state index in [0.29, 0.717) is 0 Å². The lowest BCUT2D eigenvalue weighted by Crippen LogP contribution is -2.01. The molecular formula is C5H12ClN. The van der Waals surface area contributed by atoms with Gasteiger partial charge in [0.25, 0.3) is 0 Å². The van der Waals surface area contributed by atoms with Gasteiger partial charge >= 0.3 is 0 Å². The average Bonchev–Trinajstić information content (AvgIpc) is 1.35. The third-order valence-electron chi connectivity index (χ3n) is 0.485. The summed E-state index contributed by atoms with van der Waals surface area (Å²) in [6.45, 7) is 7.28. The van der Waals surface area contributed by atoms with Crippen LogP contribution in [-0.2, 0) is 0 Å². The van der Waals surface area contributed by atoms with Gasteiger partial charge in [-0.2, -0.15) is 0 Å². The van der Waals surface area contributed by atoms with E-state index in [4.69, 9.17) is 11.6 Å². The molecule has 0 aliphatic rings. The molecule has 0 aromatic heterocycles. The summed E-state index contributed by atoms with van der Waals surface area (Å²) in [5, 5.41) is 0. The standard InChI is InChI=1S/C5H9Cl.H3N/c1-4-5(2,3)6;/h4H,1H2,2-3H3;1H3. The molecule has 0 rings (SSSR count). The Balaban J connectivity index is 0. The van der Waals surface area contributed by atoms with Crippen LogP contribution < -0.4 is 6.15 Å². The fourth-order valence-corrected chi connectivity index (χ4v) is 0. The molecular weight excluding hydrogens is 110 g/mol. The van der Waals surface area contributed by atoms with Gasteiger partial charge < -0.3 is 6.15 Å². The van der Waals surface area contributed by atoms with Gasteiger partial charge in [0.2, 0.25) is 0 Å². The van der Waals surface area contributed by atoms with E-state index in [9.17, 15) is 0 Å². The van der Waals surface area contributed by atoms with E-state index in [0.717, 1.165) is 0 Å². The predicted octanol–water partition coefficient (Wildman–Crippen LogP) is 2.35. The Morgan fingerprint density at radius 2 is 1.71 bits per heavy atom. The van der Waals surface area contributed by atoms with Crippen molar-refractivity contribution in [1.82, 2.24) is 6.15 Å². The zero-order valence-electron chi connectivity index (χ0n) is 4.87. The molecule has 0 heterocycles. The third kappa shape index (κ3) is 10.7. The van der Waals surface area contributed by atoms with Crippen LogP contribution in [-0.4, -0.2) is 4.87 Å². The molecule has 44 valence electrons. The molecule has 0 unspecified atom stereocenters. The van der Waals surface area contributed by atoms with Crippen LogP contribution in [0.5, 0.6) is 0 Å². The van der Waals surface area contributed by atoms with E-state index in [1.807, 2.05) is 13.8 Å². The number of hydrogen-bond acceptors (Lipinski definition) is 1. The Morgan fingerprint density at radius 3 is 1.71 bits per heavy atom. The summed E-state index contributed by atoms with van der Waals surface area (Å²) in [6.07, 6.45) is 1.70. The fraction of sp³-hybridized carbons (Fsp3) is 0.600. The molecule has 0 aromatic carbocycles.